The number of unbranched alkanes of at least 4 members (excludes halogenated alkanes) is 1. The highest BCUT2D eigenvalue weighted by atomic mass is 16.5. The van der Waals surface area contributed by atoms with E-state index in [2.05, 4.69) is 61.7 Å². The van der Waals surface area contributed by atoms with E-state index in [9.17, 15) is 4.79 Å². The maximum absolute atomic E-state index is 13.1. The number of para-hydroxylation sites is 3. The number of carbonyl (C=O) groups excluding carboxylic acids is 1. The number of ether oxygens (including phenoxy) is 1. The number of benzene rings is 3. The van der Waals surface area contributed by atoms with Crippen molar-refractivity contribution >= 4 is 22.6 Å². The highest BCUT2D eigenvalue weighted by molar-refractivity contribution is 5.97. The summed E-state index contributed by atoms with van der Waals surface area (Å²) in [5, 5.41) is 0. The van der Waals surface area contributed by atoms with Crippen LogP contribution in [-0.2, 0) is 11.3 Å². The Morgan fingerprint density at radius 2 is 1.69 bits per heavy atom. The summed E-state index contributed by atoms with van der Waals surface area (Å²) in [5.41, 5.74) is 6.70. The number of nitrogens with zero attached hydrogens (tertiary/aromatic N) is 3. The van der Waals surface area contributed by atoms with Gasteiger partial charge in [-0.05, 0) is 74.6 Å². The van der Waals surface area contributed by atoms with E-state index in [-0.39, 0.29) is 11.8 Å². The van der Waals surface area contributed by atoms with Crippen molar-refractivity contribution in [2.75, 3.05) is 18.1 Å². The van der Waals surface area contributed by atoms with Crippen LogP contribution in [0.15, 0.2) is 66.7 Å². The molecule has 1 amide bonds. The lowest BCUT2D eigenvalue weighted by molar-refractivity contribution is -0.117. The molecule has 1 fully saturated rings. The van der Waals surface area contributed by atoms with Crippen LogP contribution in [0.1, 0.15) is 47.7 Å². The summed E-state index contributed by atoms with van der Waals surface area (Å²) in [6, 6.07) is 22.6. The second-order valence-corrected chi connectivity index (χ2v) is 9.56. The quantitative estimate of drug-likeness (QED) is 0.284. The van der Waals surface area contributed by atoms with Crippen LogP contribution in [0.25, 0.3) is 11.0 Å². The van der Waals surface area contributed by atoms with Gasteiger partial charge in [-0.3, -0.25) is 4.79 Å². The van der Waals surface area contributed by atoms with E-state index in [0.29, 0.717) is 19.6 Å². The number of carbonyl (C=O) groups is 1. The van der Waals surface area contributed by atoms with Crippen LogP contribution in [0.5, 0.6) is 5.75 Å². The normalized spacial score (nSPS) is 15.8. The lowest BCUT2D eigenvalue weighted by Crippen LogP contribution is -2.25. The zero-order valence-corrected chi connectivity index (χ0v) is 20.8. The molecule has 1 atom stereocenters. The molecule has 5 nitrogen and oxygen atoms in total. The number of imidazole rings is 1. The van der Waals surface area contributed by atoms with Gasteiger partial charge in [0.05, 0.1) is 17.6 Å². The summed E-state index contributed by atoms with van der Waals surface area (Å²) in [7, 11) is 0. The molecule has 5 heteroatoms. The molecule has 0 aliphatic carbocycles. The number of aromatic nitrogens is 2. The first kappa shape index (κ1) is 23.2. The smallest absolute Gasteiger partial charge is 0.227 e. The first-order valence-electron chi connectivity index (χ1n) is 12.5. The number of aryl methyl sites for hydroxylation is 3. The molecule has 1 aromatic heterocycles. The molecule has 1 saturated heterocycles. The minimum absolute atomic E-state index is 0.0815. The minimum atomic E-state index is 0.0815. The van der Waals surface area contributed by atoms with Crippen LogP contribution in [0.2, 0.25) is 0 Å². The van der Waals surface area contributed by atoms with Gasteiger partial charge < -0.3 is 14.2 Å². The third-order valence-corrected chi connectivity index (χ3v) is 7.17. The Hall–Kier alpha value is -3.60. The number of amides is 1. The standard InChI is InChI=1S/C30H33N3O2/c1-21-12-10-15-26(23(21)3)33-20-24(19-29(33)34)30-31-25-13-5-6-14-27(25)32(30)17-8-9-18-35-28-16-7-4-11-22(28)2/h4-7,10-16,24H,8-9,17-20H2,1-3H3. The maximum atomic E-state index is 13.1. The Morgan fingerprint density at radius 3 is 2.54 bits per heavy atom. The van der Waals surface area contributed by atoms with Crippen LogP contribution in [0.3, 0.4) is 0 Å². The van der Waals surface area contributed by atoms with Gasteiger partial charge >= 0.3 is 0 Å². The molecule has 1 unspecified atom stereocenters. The van der Waals surface area contributed by atoms with Crippen molar-refractivity contribution in [3.05, 3.63) is 89.2 Å². The molecule has 0 bridgehead atoms. The number of anilines is 1. The molecule has 5 rings (SSSR count). The molecule has 35 heavy (non-hydrogen) atoms. The van der Waals surface area contributed by atoms with Crippen molar-refractivity contribution in [1.82, 2.24) is 9.55 Å². The van der Waals surface area contributed by atoms with Crippen molar-refractivity contribution in [2.24, 2.45) is 0 Å². The molecule has 1 aliphatic heterocycles. The first-order chi connectivity index (χ1) is 17.0. The van der Waals surface area contributed by atoms with E-state index in [4.69, 9.17) is 9.72 Å². The number of fused-ring (bicyclic) bond motifs is 1. The summed E-state index contributed by atoms with van der Waals surface area (Å²) < 4.78 is 8.32. The van der Waals surface area contributed by atoms with E-state index >= 15 is 0 Å². The predicted molar refractivity (Wildman–Crippen MR) is 141 cm³/mol. The van der Waals surface area contributed by atoms with E-state index in [1.807, 2.05) is 35.2 Å². The van der Waals surface area contributed by atoms with Crippen LogP contribution in [-0.4, -0.2) is 28.6 Å². The van der Waals surface area contributed by atoms with Gasteiger partial charge in [0, 0.05) is 31.1 Å². The van der Waals surface area contributed by atoms with Crippen LogP contribution in [0.4, 0.5) is 5.69 Å². The van der Waals surface area contributed by atoms with E-state index in [1.54, 1.807) is 0 Å². The third-order valence-electron chi connectivity index (χ3n) is 7.17. The van der Waals surface area contributed by atoms with Gasteiger partial charge in [0.25, 0.3) is 0 Å². The van der Waals surface area contributed by atoms with Gasteiger partial charge in [-0.2, -0.15) is 0 Å². The summed E-state index contributed by atoms with van der Waals surface area (Å²) in [5.74, 6) is 2.23. The van der Waals surface area contributed by atoms with Gasteiger partial charge in [0.2, 0.25) is 5.91 Å². The molecule has 2 heterocycles. The van der Waals surface area contributed by atoms with Crippen LogP contribution in [0, 0.1) is 20.8 Å². The fourth-order valence-electron chi connectivity index (χ4n) is 5.05. The summed E-state index contributed by atoms with van der Waals surface area (Å²) >= 11 is 0. The molecule has 0 spiro atoms. The molecule has 4 aromatic rings. The van der Waals surface area contributed by atoms with Gasteiger partial charge in [-0.25, -0.2) is 4.98 Å². The molecule has 180 valence electrons. The largest absolute Gasteiger partial charge is 0.493 e. The van der Waals surface area contributed by atoms with E-state index in [1.165, 1.54) is 11.1 Å². The SMILES string of the molecule is Cc1ccccc1OCCCCn1c(C2CC(=O)N(c3cccc(C)c3C)C2)nc2ccccc21. The highest BCUT2D eigenvalue weighted by Crippen LogP contribution is 2.35. The van der Waals surface area contributed by atoms with Crippen molar-refractivity contribution in [2.45, 2.75) is 52.5 Å². The van der Waals surface area contributed by atoms with Gasteiger partial charge in [0.15, 0.2) is 0 Å². The topological polar surface area (TPSA) is 47.4 Å². The average Bonchev–Trinajstić information content (AvgIpc) is 3.42. The number of rotatable bonds is 8. The zero-order chi connectivity index (χ0) is 24.4. The molecule has 1 aliphatic rings. The van der Waals surface area contributed by atoms with Crippen LogP contribution >= 0.6 is 0 Å². The second-order valence-electron chi connectivity index (χ2n) is 9.56. The number of hydrogen-bond acceptors (Lipinski definition) is 3. The van der Waals surface area contributed by atoms with Crippen molar-refractivity contribution in [3.63, 3.8) is 0 Å². The Labute approximate surface area is 207 Å². The summed E-state index contributed by atoms with van der Waals surface area (Å²) in [6.07, 6.45) is 2.44. The van der Waals surface area contributed by atoms with E-state index in [0.717, 1.165) is 53.2 Å². The van der Waals surface area contributed by atoms with Gasteiger partial charge in [-0.15, -0.1) is 0 Å². The molecule has 0 radical (unpaired) electrons. The zero-order valence-electron chi connectivity index (χ0n) is 20.8. The molecular formula is C30H33N3O2. The van der Waals surface area contributed by atoms with Crippen molar-refractivity contribution < 1.29 is 9.53 Å². The lowest BCUT2D eigenvalue weighted by atomic mass is 10.1. The Bertz CT molecular complexity index is 1360. The predicted octanol–water partition coefficient (Wildman–Crippen LogP) is 6.34. The third kappa shape index (κ3) is 4.68. The fourth-order valence-corrected chi connectivity index (χ4v) is 5.05. The summed E-state index contributed by atoms with van der Waals surface area (Å²) in [6.45, 7) is 8.49. The first-order valence-corrected chi connectivity index (χ1v) is 12.5. The second kappa shape index (κ2) is 9.95. The van der Waals surface area contributed by atoms with Crippen LogP contribution < -0.4 is 9.64 Å². The lowest BCUT2D eigenvalue weighted by Gasteiger charge is -2.20. The molecule has 0 N–H and O–H groups in total. The Balaban J connectivity index is 1.32. The summed E-state index contributed by atoms with van der Waals surface area (Å²) in [4.78, 5) is 20.0. The molecular weight excluding hydrogens is 434 g/mol. The number of hydrogen-bond donors (Lipinski definition) is 0. The Kier molecular flexibility index (Phi) is 6.58. The van der Waals surface area contributed by atoms with Gasteiger partial charge in [0.1, 0.15) is 11.6 Å². The van der Waals surface area contributed by atoms with Crippen molar-refractivity contribution in [1.29, 1.82) is 0 Å². The van der Waals surface area contributed by atoms with Gasteiger partial charge in [-0.1, -0.05) is 42.5 Å². The Morgan fingerprint density at radius 1 is 0.914 bits per heavy atom. The minimum Gasteiger partial charge on any atom is -0.493 e. The molecule has 0 saturated carbocycles. The van der Waals surface area contributed by atoms with Crippen molar-refractivity contribution in [3.8, 4) is 5.75 Å². The fraction of sp³-hybridized carbons (Fsp3) is 0.333. The highest BCUT2D eigenvalue weighted by Gasteiger charge is 2.35. The average molecular weight is 468 g/mol. The molecule has 3 aromatic carbocycles. The maximum Gasteiger partial charge on any atom is 0.227 e. The monoisotopic (exact) mass is 467 g/mol. The van der Waals surface area contributed by atoms with E-state index < -0.39 is 0 Å².